The fourth-order valence-corrected chi connectivity index (χ4v) is 3.01. The van der Waals surface area contributed by atoms with Crippen LogP contribution in [0.25, 0.3) is 0 Å². The lowest BCUT2D eigenvalue weighted by molar-refractivity contribution is 0.164. The lowest BCUT2D eigenvalue weighted by Gasteiger charge is -2.35. The summed E-state index contributed by atoms with van der Waals surface area (Å²) >= 11 is 12.5. The van der Waals surface area contributed by atoms with E-state index in [0.29, 0.717) is 11.1 Å². The summed E-state index contributed by atoms with van der Waals surface area (Å²) in [5.74, 6) is 0. The van der Waals surface area contributed by atoms with Crippen molar-refractivity contribution in [1.29, 1.82) is 0 Å². The normalized spacial score (nSPS) is 18.8. The Morgan fingerprint density at radius 3 is 2.67 bits per heavy atom. The van der Waals surface area contributed by atoms with Gasteiger partial charge in [-0.1, -0.05) is 48.7 Å². The molecule has 0 amide bonds. The number of piperazine rings is 1. The average Bonchev–Trinajstić information content (AvgIpc) is 2.41. The molecule has 2 rings (SSSR count). The summed E-state index contributed by atoms with van der Waals surface area (Å²) in [5, 5.41) is 4.76. The van der Waals surface area contributed by atoms with E-state index >= 15 is 0 Å². The summed E-state index contributed by atoms with van der Waals surface area (Å²) in [5.41, 5.74) is 1.17. The molecule has 0 aliphatic carbocycles. The highest BCUT2D eigenvalue weighted by Gasteiger charge is 2.23. The van der Waals surface area contributed by atoms with Crippen LogP contribution >= 0.6 is 23.2 Å². The number of hydrogen-bond donors (Lipinski definition) is 1. The zero-order valence-corrected chi connectivity index (χ0v) is 12.3. The molecule has 0 bridgehead atoms. The van der Waals surface area contributed by atoms with Gasteiger partial charge in [0.1, 0.15) is 0 Å². The van der Waals surface area contributed by atoms with E-state index < -0.39 is 0 Å². The van der Waals surface area contributed by atoms with Crippen molar-refractivity contribution in [2.45, 2.75) is 25.8 Å². The molecule has 0 aromatic heterocycles. The van der Waals surface area contributed by atoms with Crippen molar-refractivity contribution in [3.8, 4) is 0 Å². The van der Waals surface area contributed by atoms with E-state index in [2.05, 4.69) is 23.2 Å². The molecule has 1 heterocycles. The number of hydrogen-bond acceptors (Lipinski definition) is 2. The highest BCUT2D eigenvalue weighted by atomic mass is 35.5. The Morgan fingerprint density at radius 1 is 1.28 bits per heavy atom. The van der Waals surface area contributed by atoms with Crippen LogP contribution in [-0.2, 0) is 0 Å². The van der Waals surface area contributed by atoms with Crippen molar-refractivity contribution in [2.75, 3.05) is 26.2 Å². The fraction of sp³-hybridized carbons (Fsp3) is 0.571. The Bertz CT molecular complexity index is 389. The summed E-state index contributed by atoms with van der Waals surface area (Å²) in [7, 11) is 0. The second kappa shape index (κ2) is 6.76. The van der Waals surface area contributed by atoms with Crippen molar-refractivity contribution < 1.29 is 0 Å². The topological polar surface area (TPSA) is 15.3 Å². The first kappa shape index (κ1) is 14.1. The Labute approximate surface area is 119 Å². The minimum atomic E-state index is 0.392. The molecular weight excluding hydrogens is 267 g/mol. The zero-order valence-electron chi connectivity index (χ0n) is 10.8. The molecule has 1 aromatic carbocycles. The third kappa shape index (κ3) is 3.18. The predicted molar refractivity (Wildman–Crippen MR) is 78.6 cm³/mol. The number of benzene rings is 1. The van der Waals surface area contributed by atoms with Crippen LogP contribution in [0.15, 0.2) is 18.2 Å². The second-order valence-electron chi connectivity index (χ2n) is 4.73. The maximum absolute atomic E-state index is 6.37. The van der Waals surface area contributed by atoms with Crippen molar-refractivity contribution >= 4 is 23.2 Å². The number of rotatable bonds is 4. The van der Waals surface area contributed by atoms with Gasteiger partial charge in [-0.2, -0.15) is 0 Å². The molecule has 0 radical (unpaired) electrons. The van der Waals surface area contributed by atoms with E-state index in [0.717, 1.165) is 44.0 Å². The molecule has 1 aliphatic rings. The van der Waals surface area contributed by atoms with Gasteiger partial charge in [0, 0.05) is 32.2 Å². The van der Waals surface area contributed by atoms with Crippen molar-refractivity contribution in [2.24, 2.45) is 0 Å². The largest absolute Gasteiger partial charge is 0.314 e. The van der Waals surface area contributed by atoms with Gasteiger partial charge in [-0.15, -0.1) is 0 Å². The second-order valence-corrected chi connectivity index (χ2v) is 5.52. The van der Waals surface area contributed by atoms with Crippen LogP contribution in [0.1, 0.15) is 31.4 Å². The Balaban J connectivity index is 2.25. The summed E-state index contributed by atoms with van der Waals surface area (Å²) in [4.78, 5) is 2.51. The third-order valence-electron chi connectivity index (χ3n) is 3.49. The average molecular weight is 287 g/mol. The highest BCUT2D eigenvalue weighted by molar-refractivity contribution is 6.42. The maximum Gasteiger partial charge on any atom is 0.0640 e. The lowest BCUT2D eigenvalue weighted by Crippen LogP contribution is -2.45. The van der Waals surface area contributed by atoms with Gasteiger partial charge in [-0.05, 0) is 18.1 Å². The van der Waals surface area contributed by atoms with Gasteiger partial charge in [-0.3, -0.25) is 4.90 Å². The van der Waals surface area contributed by atoms with E-state index in [1.807, 2.05) is 12.1 Å². The third-order valence-corrected chi connectivity index (χ3v) is 4.33. The molecule has 0 unspecified atom stereocenters. The zero-order chi connectivity index (χ0) is 13.0. The van der Waals surface area contributed by atoms with E-state index in [-0.39, 0.29) is 0 Å². The van der Waals surface area contributed by atoms with Gasteiger partial charge in [0.15, 0.2) is 0 Å². The Hall–Kier alpha value is -0.280. The predicted octanol–water partition coefficient (Wildman–Crippen LogP) is 3.74. The minimum Gasteiger partial charge on any atom is -0.314 e. The van der Waals surface area contributed by atoms with Crippen molar-refractivity contribution in [3.05, 3.63) is 33.8 Å². The quantitative estimate of drug-likeness (QED) is 0.907. The maximum atomic E-state index is 6.37. The van der Waals surface area contributed by atoms with Gasteiger partial charge in [0.2, 0.25) is 0 Å². The Kier molecular flexibility index (Phi) is 5.31. The molecule has 100 valence electrons. The van der Waals surface area contributed by atoms with Gasteiger partial charge >= 0.3 is 0 Å². The molecule has 1 aromatic rings. The van der Waals surface area contributed by atoms with Crippen LogP contribution < -0.4 is 5.32 Å². The van der Waals surface area contributed by atoms with Crippen LogP contribution in [0, 0.1) is 0 Å². The van der Waals surface area contributed by atoms with Crippen LogP contribution in [0.2, 0.25) is 10.0 Å². The van der Waals surface area contributed by atoms with E-state index in [1.54, 1.807) is 0 Å². The summed E-state index contributed by atoms with van der Waals surface area (Å²) in [6, 6.07) is 6.35. The molecule has 1 saturated heterocycles. The van der Waals surface area contributed by atoms with E-state index in [1.165, 1.54) is 5.56 Å². The van der Waals surface area contributed by atoms with Gasteiger partial charge in [0.25, 0.3) is 0 Å². The molecule has 2 nitrogen and oxygen atoms in total. The van der Waals surface area contributed by atoms with Crippen LogP contribution in [0.4, 0.5) is 0 Å². The number of halogens is 2. The van der Waals surface area contributed by atoms with Crippen LogP contribution in [0.5, 0.6) is 0 Å². The number of nitrogens with one attached hydrogen (secondary N) is 1. The molecule has 0 saturated carbocycles. The summed E-state index contributed by atoms with van der Waals surface area (Å²) in [6.07, 6.45) is 2.28. The molecule has 1 atom stereocenters. The van der Waals surface area contributed by atoms with E-state index in [9.17, 15) is 0 Å². The fourth-order valence-electron chi connectivity index (χ4n) is 2.58. The minimum absolute atomic E-state index is 0.392. The first-order valence-electron chi connectivity index (χ1n) is 6.62. The number of nitrogens with zero attached hydrogens (tertiary/aromatic N) is 1. The highest BCUT2D eigenvalue weighted by Crippen LogP contribution is 2.35. The lowest BCUT2D eigenvalue weighted by atomic mass is 10.00. The molecule has 1 fully saturated rings. The first-order valence-corrected chi connectivity index (χ1v) is 7.38. The monoisotopic (exact) mass is 286 g/mol. The van der Waals surface area contributed by atoms with Crippen LogP contribution in [0.3, 0.4) is 0 Å². The smallest absolute Gasteiger partial charge is 0.0640 e. The molecule has 0 spiro atoms. The van der Waals surface area contributed by atoms with Crippen molar-refractivity contribution in [1.82, 2.24) is 10.2 Å². The first-order chi connectivity index (χ1) is 8.74. The summed E-state index contributed by atoms with van der Waals surface area (Å²) in [6.45, 7) is 6.48. The molecular formula is C14H20Cl2N2. The van der Waals surface area contributed by atoms with Crippen LogP contribution in [-0.4, -0.2) is 31.1 Å². The molecule has 4 heteroatoms. The van der Waals surface area contributed by atoms with E-state index in [4.69, 9.17) is 23.2 Å². The SMILES string of the molecule is CCC[C@H](c1cccc(Cl)c1Cl)N1CCNCC1. The van der Waals surface area contributed by atoms with Gasteiger partial charge in [-0.25, -0.2) is 0 Å². The summed E-state index contributed by atoms with van der Waals surface area (Å²) < 4.78 is 0. The molecule has 1 N–H and O–H groups in total. The van der Waals surface area contributed by atoms with Crippen molar-refractivity contribution in [3.63, 3.8) is 0 Å². The Morgan fingerprint density at radius 2 is 2.00 bits per heavy atom. The molecule has 1 aliphatic heterocycles. The molecule has 18 heavy (non-hydrogen) atoms. The van der Waals surface area contributed by atoms with Gasteiger partial charge < -0.3 is 5.32 Å². The van der Waals surface area contributed by atoms with Gasteiger partial charge in [0.05, 0.1) is 10.0 Å². The standard InChI is InChI=1S/C14H20Cl2N2/c1-2-4-13(18-9-7-17-8-10-18)11-5-3-6-12(15)14(11)16/h3,5-6,13,17H,2,4,7-10H2,1H3/t13-/m1/s1.